The Morgan fingerprint density at radius 1 is 1.22 bits per heavy atom. The molecule has 0 radical (unpaired) electrons. The number of halogens is 1. The van der Waals surface area contributed by atoms with Crippen LogP contribution in [0.15, 0.2) is 36.4 Å². The molecule has 1 saturated carbocycles. The average Bonchev–Trinajstić information content (AvgIpc) is 3.11. The maximum absolute atomic E-state index is 12.5. The van der Waals surface area contributed by atoms with E-state index in [9.17, 15) is 9.90 Å². The SMILES string of the molecule is COC(=O)c1ccc2c(c1)N(C[C@@H]1CC[C@H]1[C@@H]1C[C@@H](O[C@@H](C)CO)CCO1)C[C@@]1(CCCc3cc(Cl)ccc31)CO2. The number of carbonyl (C=O) groups excluding carboxylic acids is 1. The van der Waals surface area contributed by atoms with Gasteiger partial charge in [-0.2, -0.15) is 0 Å². The molecule has 1 spiro atoms. The summed E-state index contributed by atoms with van der Waals surface area (Å²) in [6.07, 6.45) is 7.32. The largest absolute Gasteiger partial charge is 0.490 e. The van der Waals surface area contributed by atoms with E-state index in [4.69, 9.17) is 30.5 Å². The minimum atomic E-state index is -0.343. The van der Waals surface area contributed by atoms with Crippen LogP contribution in [0.1, 0.15) is 66.9 Å². The van der Waals surface area contributed by atoms with Gasteiger partial charge in [0.1, 0.15) is 5.75 Å². The zero-order chi connectivity index (χ0) is 28.6. The second-order valence-corrected chi connectivity index (χ2v) is 12.9. The van der Waals surface area contributed by atoms with Gasteiger partial charge in [-0.1, -0.05) is 17.7 Å². The van der Waals surface area contributed by atoms with E-state index in [0.29, 0.717) is 30.6 Å². The molecule has 0 aromatic heterocycles. The number of aliphatic hydroxyl groups is 1. The van der Waals surface area contributed by atoms with Crippen LogP contribution in [0, 0.1) is 11.8 Å². The average molecular weight is 584 g/mol. The highest BCUT2D eigenvalue weighted by molar-refractivity contribution is 6.30. The van der Waals surface area contributed by atoms with Crippen LogP contribution in [0.5, 0.6) is 5.75 Å². The smallest absolute Gasteiger partial charge is 0.337 e. The van der Waals surface area contributed by atoms with E-state index in [1.54, 1.807) is 6.07 Å². The Balaban J connectivity index is 1.28. The van der Waals surface area contributed by atoms with Gasteiger partial charge in [0.2, 0.25) is 0 Å². The molecule has 4 aliphatic rings. The van der Waals surface area contributed by atoms with Gasteiger partial charge in [-0.05, 0) is 98.7 Å². The van der Waals surface area contributed by atoms with Crippen LogP contribution < -0.4 is 9.64 Å². The zero-order valence-electron chi connectivity index (χ0n) is 24.1. The van der Waals surface area contributed by atoms with Crippen molar-refractivity contribution in [1.29, 1.82) is 0 Å². The molecule has 2 fully saturated rings. The van der Waals surface area contributed by atoms with Crippen LogP contribution >= 0.6 is 11.6 Å². The van der Waals surface area contributed by atoms with E-state index >= 15 is 0 Å². The molecule has 2 aromatic carbocycles. The number of aliphatic hydroxyl groups excluding tert-OH is 1. The molecule has 8 heteroatoms. The molecule has 1 saturated heterocycles. The van der Waals surface area contributed by atoms with Crippen molar-refractivity contribution in [3.05, 3.63) is 58.1 Å². The Morgan fingerprint density at radius 3 is 2.88 bits per heavy atom. The summed E-state index contributed by atoms with van der Waals surface area (Å²) < 4.78 is 24.0. The summed E-state index contributed by atoms with van der Waals surface area (Å²) in [5.41, 5.74) is 3.97. The second-order valence-electron chi connectivity index (χ2n) is 12.5. The van der Waals surface area contributed by atoms with Crippen LogP contribution in [0.3, 0.4) is 0 Å². The molecule has 2 aromatic rings. The van der Waals surface area contributed by atoms with Gasteiger partial charge in [-0.15, -0.1) is 0 Å². The van der Waals surface area contributed by atoms with Crippen LogP contribution in [0.25, 0.3) is 0 Å². The van der Waals surface area contributed by atoms with Crippen LogP contribution in [0.4, 0.5) is 5.69 Å². The third-order valence-electron chi connectivity index (χ3n) is 9.82. The van der Waals surface area contributed by atoms with Crippen molar-refractivity contribution < 1.29 is 28.8 Å². The Bertz CT molecular complexity index is 1250. The highest BCUT2D eigenvalue weighted by atomic mass is 35.5. The molecule has 7 nitrogen and oxygen atoms in total. The summed E-state index contributed by atoms with van der Waals surface area (Å²) in [7, 11) is 1.42. The van der Waals surface area contributed by atoms with Gasteiger partial charge in [0.25, 0.3) is 0 Å². The highest BCUT2D eigenvalue weighted by Gasteiger charge is 2.45. The fourth-order valence-corrected chi connectivity index (χ4v) is 7.74. The molecule has 222 valence electrons. The van der Waals surface area contributed by atoms with Crippen molar-refractivity contribution in [3.63, 3.8) is 0 Å². The molecule has 2 aliphatic heterocycles. The van der Waals surface area contributed by atoms with E-state index in [-0.39, 0.29) is 36.3 Å². The van der Waals surface area contributed by atoms with E-state index in [2.05, 4.69) is 17.0 Å². The van der Waals surface area contributed by atoms with E-state index in [1.165, 1.54) is 18.2 Å². The molecule has 6 rings (SSSR count). The number of methoxy groups -OCH3 is 1. The first-order chi connectivity index (χ1) is 19.9. The number of benzene rings is 2. The summed E-state index contributed by atoms with van der Waals surface area (Å²) >= 11 is 6.41. The van der Waals surface area contributed by atoms with Gasteiger partial charge in [-0.3, -0.25) is 0 Å². The number of hydrogen-bond acceptors (Lipinski definition) is 7. The monoisotopic (exact) mass is 583 g/mol. The molecular formula is C33H42ClNO6. The Morgan fingerprint density at radius 2 is 2.10 bits per heavy atom. The standard InChI is InChI=1S/C33H42ClNO6/c1-21(18-36)41-26-11-13-39-31(16-26)27-8-5-24(27)17-35-19-33(12-3-4-22-14-25(34)7-9-28(22)33)20-40-30-10-6-23(15-29(30)35)32(37)38-2/h6-7,9-10,14-15,21,24,26-27,31,36H,3-5,8,11-13,16-20H2,1-2H3/t21-,24-,26-,27+,31-,33-/m0/s1. The number of hydrogen-bond donors (Lipinski definition) is 1. The number of ether oxygens (including phenoxy) is 4. The minimum Gasteiger partial charge on any atom is -0.490 e. The van der Waals surface area contributed by atoms with Crippen molar-refractivity contribution in [1.82, 2.24) is 0 Å². The van der Waals surface area contributed by atoms with Crippen LogP contribution in [-0.2, 0) is 26.0 Å². The van der Waals surface area contributed by atoms with Gasteiger partial charge >= 0.3 is 5.97 Å². The summed E-state index contributed by atoms with van der Waals surface area (Å²) in [6.45, 7) is 4.93. The van der Waals surface area contributed by atoms with Crippen molar-refractivity contribution in [2.24, 2.45) is 11.8 Å². The van der Waals surface area contributed by atoms with Gasteiger partial charge in [0.05, 0.1) is 49.9 Å². The molecule has 2 aliphatic carbocycles. The summed E-state index contributed by atoms with van der Waals surface area (Å²) in [5.74, 6) is 1.39. The molecule has 0 bridgehead atoms. The minimum absolute atomic E-state index is 0.0369. The van der Waals surface area contributed by atoms with Gasteiger partial charge < -0.3 is 29.0 Å². The van der Waals surface area contributed by atoms with Crippen molar-refractivity contribution >= 4 is 23.3 Å². The fourth-order valence-electron chi connectivity index (χ4n) is 7.54. The van der Waals surface area contributed by atoms with E-state index in [0.717, 1.165) is 74.5 Å². The lowest BCUT2D eigenvalue weighted by molar-refractivity contribution is -0.134. The molecule has 0 unspecified atom stereocenters. The van der Waals surface area contributed by atoms with E-state index < -0.39 is 0 Å². The predicted octanol–water partition coefficient (Wildman–Crippen LogP) is 5.57. The van der Waals surface area contributed by atoms with Crippen molar-refractivity contribution in [3.8, 4) is 5.75 Å². The normalized spacial score (nSPS) is 29.9. The lowest BCUT2D eigenvalue weighted by Crippen LogP contribution is -2.51. The first kappa shape index (κ1) is 28.8. The zero-order valence-corrected chi connectivity index (χ0v) is 24.9. The van der Waals surface area contributed by atoms with E-state index in [1.807, 2.05) is 25.1 Å². The summed E-state index contributed by atoms with van der Waals surface area (Å²) in [6, 6.07) is 12.0. The number of fused-ring (bicyclic) bond motifs is 3. The number of nitrogens with zero attached hydrogens (tertiary/aromatic N) is 1. The quantitative estimate of drug-likeness (QED) is 0.427. The van der Waals surface area contributed by atoms with Crippen LogP contribution in [-0.4, -0.2) is 69.4 Å². The Hall–Kier alpha value is -2.32. The molecule has 2 heterocycles. The van der Waals surface area contributed by atoms with Crippen molar-refractivity contribution in [2.75, 3.05) is 44.9 Å². The first-order valence-electron chi connectivity index (χ1n) is 15.2. The maximum atomic E-state index is 12.5. The lowest BCUT2D eigenvalue weighted by atomic mass is 9.67. The summed E-state index contributed by atoms with van der Waals surface area (Å²) in [5, 5.41) is 10.2. The topological polar surface area (TPSA) is 77.5 Å². The van der Waals surface area contributed by atoms with Gasteiger partial charge in [-0.25, -0.2) is 4.79 Å². The predicted molar refractivity (Wildman–Crippen MR) is 158 cm³/mol. The van der Waals surface area contributed by atoms with Gasteiger partial charge in [0, 0.05) is 36.6 Å². The van der Waals surface area contributed by atoms with Crippen LogP contribution in [0.2, 0.25) is 5.02 Å². The first-order valence-corrected chi connectivity index (χ1v) is 15.5. The molecule has 41 heavy (non-hydrogen) atoms. The number of carbonyl (C=O) groups is 1. The highest BCUT2D eigenvalue weighted by Crippen LogP contribution is 2.47. The number of rotatable bonds is 7. The second kappa shape index (κ2) is 12.1. The van der Waals surface area contributed by atoms with Gasteiger partial charge in [0.15, 0.2) is 0 Å². The number of anilines is 1. The molecule has 6 atom stereocenters. The number of aryl methyl sites for hydroxylation is 1. The lowest BCUT2D eigenvalue weighted by Gasteiger charge is -2.48. The molecule has 1 N–H and O–H groups in total. The maximum Gasteiger partial charge on any atom is 0.337 e. The summed E-state index contributed by atoms with van der Waals surface area (Å²) in [4.78, 5) is 15.0. The fraction of sp³-hybridized carbons (Fsp3) is 0.606. The third kappa shape index (κ3) is 5.83. The molecular weight excluding hydrogens is 542 g/mol. The molecule has 0 amide bonds. The Labute approximate surface area is 248 Å². The van der Waals surface area contributed by atoms with Crippen molar-refractivity contribution in [2.45, 2.75) is 75.6 Å². The number of esters is 1. The third-order valence-corrected chi connectivity index (χ3v) is 10.1. The Kier molecular flexibility index (Phi) is 8.51.